The monoisotopic (exact) mass is 532 g/mol. The molecule has 2 heterocycles. The number of aryl methyl sites for hydroxylation is 3. The molecule has 0 aliphatic heterocycles. The molecule has 2 aromatic heterocycles. The van der Waals surface area contributed by atoms with Crippen LogP contribution in [-0.2, 0) is 11.3 Å². The van der Waals surface area contributed by atoms with Gasteiger partial charge in [0.2, 0.25) is 5.91 Å². The number of nitrogens with zero attached hydrogens (tertiary/aromatic N) is 4. The van der Waals surface area contributed by atoms with Gasteiger partial charge in [-0.1, -0.05) is 34.5 Å². The second kappa shape index (κ2) is 11.1. The number of aromatic nitrogens is 3. The molecule has 1 amide bonds. The molecule has 5 nitrogen and oxygen atoms in total. The van der Waals surface area contributed by atoms with E-state index in [4.69, 9.17) is 28.2 Å². The zero-order chi connectivity index (χ0) is 24.2. The number of hydrogen-bond donors (Lipinski definition) is 0. The average Bonchev–Trinajstić information content (AvgIpc) is 3.35. The first-order chi connectivity index (χ1) is 16.3. The van der Waals surface area contributed by atoms with Gasteiger partial charge in [-0.2, -0.15) is 5.10 Å². The predicted molar refractivity (Wildman–Crippen MR) is 145 cm³/mol. The molecule has 178 valence electrons. The van der Waals surface area contributed by atoms with E-state index in [0.29, 0.717) is 29.7 Å². The quantitative estimate of drug-likeness (QED) is 0.167. The van der Waals surface area contributed by atoms with Crippen molar-refractivity contribution in [2.75, 3.05) is 17.2 Å². The third-order valence-corrected chi connectivity index (χ3v) is 8.02. The van der Waals surface area contributed by atoms with E-state index < -0.39 is 0 Å². The first kappa shape index (κ1) is 25.0. The van der Waals surface area contributed by atoms with Gasteiger partial charge in [0.1, 0.15) is 0 Å². The maximum Gasteiger partial charge on any atom is 0.228 e. The molecule has 0 N–H and O–H groups in total. The maximum atomic E-state index is 13.3. The van der Waals surface area contributed by atoms with Crippen LogP contribution in [0.4, 0.5) is 5.13 Å². The van der Waals surface area contributed by atoms with E-state index in [-0.39, 0.29) is 5.91 Å². The van der Waals surface area contributed by atoms with Gasteiger partial charge in [-0.25, -0.2) is 4.98 Å². The Kier molecular flexibility index (Phi) is 8.19. The molecule has 0 saturated carbocycles. The highest BCUT2D eigenvalue weighted by atomic mass is 35.5. The number of thiazole rings is 1. The minimum Gasteiger partial charge on any atom is -0.286 e. The van der Waals surface area contributed by atoms with Crippen LogP contribution in [0, 0.1) is 20.8 Å². The second-order valence-electron chi connectivity index (χ2n) is 8.17. The predicted octanol–water partition coefficient (Wildman–Crippen LogP) is 7.33. The van der Waals surface area contributed by atoms with Crippen molar-refractivity contribution >= 4 is 67.6 Å². The van der Waals surface area contributed by atoms with Crippen molar-refractivity contribution in [3.63, 3.8) is 0 Å². The number of hydrogen-bond acceptors (Lipinski definition) is 5. The smallest absolute Gasteiger partial charge is 0.228 e. The van der Waals surface area contributed by atoms with Crippen LogP contribution in [0.5, 0.6) is 0 Å². The molecule has 0 aliphatic rings. The fourth-order valence-electron chi connectivity index (χ4n) is 3.76. The lowest BCUT2D eigenvalue weighted by Crippen LogP contribution is -2.34. The Balaban J connectivity index is 1.48. The Morgan fingerprint density at radius 2 is 1.85 bits per heavy atom. The molecular formula is C25H26Cl2N4OS2. The molecule has 0 unspecified atom stereocenters. The molecule has 4 aromatic rings. The van der Waals surface area contributed by atoms with Crippen molar-refractivity contribution in [3.05, 3.63) is 69.5 Å². The molecular weight excluding hydrogens is 507 g/mol. The highest BCUT2D eigenvalue weighted by molar-refractivity contribution is 7.99. The van der Waals surface area contributed by atoms with Gasteiger partial charge in [0.05, 0.1) is 22.5 Å². The van der Waals surface area contributed by atoms with Gasteiger partial charge in [0, 0.05) is 33.6 Å². The van der Waals surface area contributed by atoms with Gasteiger partial charge in [0.15, 0.2) is 5.13 Å². The summed E-state index contributed by atoms with van der Waals surface area (Å²) in [5.41, 5.74) is 3.96. The summed E-state index contributed by atoms with van der Waals surface area (Å²) in [5, 5.41) is 6.66. The number of amides is 1. The maximum absolute atomic E-state index is 13.3. The first-order valence-corrected chi connectivity index (χ1v) is 13.6. The Labute approximate surface area is 218 Å². The molecule has 0 bridgehead atoms. The van der Waals surface area contributed by atoms with E-state index in [1.54, 1.807) is 16.7 Å². The summed E-state index contributed by atoms with van der Waals surface area (Å²) in [6.07, 6.45) is 1.23. The lowest BCUT2D eigenvalue weighted by atomic mass is 10.2. The summed E-state index contributed by atoms with van der Waals surface area (Å²) in [6.45, 7) is 7.13. The van der Waals surface area contributed by atoms with E-state index in [2.05, 4.69) is 5.10 Å². The Hall–Kier alpha value is -2.06. The molecule has 0 saturated heterocycles. The highest BCUT2D eigenvalue weighted by Gasteiger charge is 2.21. The summed E-state index contributed by atoms with van der Waals surface area (Å²) in [6, 6.07) is 13.6. The average molecular weight is 534 g/mol. The van der Waals surface area contributed by atoms with Crippen LogP contribution in [-0.4, -0.2) is 33.0 Å². The lowest BCUT2D eigenvalue weighted by molar-refractivity contribution is -0.118. The number of fused-ring (bicyclic) bond motifs is 1. The minimum absolute atomic E-state index is 0.0704. The molecule has 0 radical (unpaired) electrons. The van der Waals surface area contributed by atoms with Crippen LogP contribution in [0.15, 0.2) is 47.4 Å². The Morgan fingerprint density at radius 3 is 2.56 bits per heavy atom. The van der Waals surface area contributed by atoms with Crippen molar-refractivity contribution in [1.82, 2.24) is 14.8 Å². The van der Waals surface area contributed by atoms with Crippen molar-refractivity contribution in [2.24, 2.45) is 0 Å². The van der Waals surface area contributed by atoms with E-state index in [9.17, 15) is 4.79 Å². The summed E-state index contributed by atoms with van der Waals surface area (Å²) in [5.74, 6) is 0.925. The van der Waals surface area contributed by atoms with Crippen molar-refractivity contribution in [1.29, 1.82) is 0 Å². The van der Waals surface area contributed by atoms with Gasteiger partial charge in [-0.3, -0.25) is 14.4 Å². The van der Waals surface area contributed by atoms with E-state index in [1.807, 2.05) is 67.9 Å². The van der Waals surface area contributed by atoms with Crippen LogP contribution < -0.4 is 4.90 Å². The SMILES string of the molecule is Cc1cc(C)n(CCN(C(=O)CCCSc2ccc(Cl)cc2)c2nc3c(C)cc(Cl)cc3s2)n1. The van der Waals surface area contributed by atoms with Gasteiger partial charge in [-0.15, -0.1) is 11.8 Å². The molecule has 0 atom stereocenters. The van der Waals surface area contributed by atoms with Gasteiger partial charge in [0.25, 0.3) is 0 Å². The number of rotatable bonds is 9. The summed E-state index contributed by atoms with van der Waals surface area (Å²) in [4.78, 5) is 21.1. The number of thioether (sulfide) groups is 1. The fraction of sp³-hybridized carbons (Fsp3) is 0.320. The van der Waals surface area contributed by atoms with Crippen LogP contribution in [0.3, 0.4) is 0 Å². The number of halogens is 2. The van der Waals surface area contributed by atoms with Crippen molar-refractivity contribution in [3.8, 4) is 0 Å². The van der Waals surface area contributed by atoms with E-state index in [0.717, 1.165) is 49.3 Å². The number of carbonyl (C=O) groups is 1. The van der Waals surface area contributed by atoms with Gasteiger partial charge < -0.3 is 0 Å². The number of carbonyl (C=O) groups excluding carboxylic acids is 1. The lowest BCUT2D eigenvalue weighted by Gasteiger charge is -2.20. The molecule has 34 heavy (non-hydrogen) atoms. The molecule has 0 spiro atoms. The number of benzene rings is 2. The Bertz CT molecular complexity index is 1300. The zero-order valence-electron chi connectivity index (χ0n) is 19.3. The summed E-state index contributed by atoms with van der Waals surface area (Å²) < 4.78 is 2.93. The van der Waals surface area contributed by atoms with Crippen molar-refractivity contribution < 1.29 is 4.79 Å². The normalized spacial score (nSPS) is 11.3. The standard InChI is InChI=1S/C25H26Cl2N4OS2/c1-16-13-20(27)15-22-24(16)28-25(34-22)30(10-11-31-18(3)14-17(2)29-31)23(32)5-4-12-33-21-8-6-19(26)7-9-21/h6-9,13-15H,4-5,10-12H2,1-3H3. The van der Waals surface area contributed by atoms with Crippen LogP contribution in [0.2, 0.25) is 10.0 Å². The zero-order valence-corrected chi connectivity index (χ0v) is 22.5. The molecule has 0 fully saturated rings. The topological polar surface area (TPSA) is 51.0 Å². The minimum atomic E-state index is 0.0704. The third kappa shape index (κ3) is 6.13. The molecule has 4 rings (SSSR count). The summed E-state index contributed by atoms with van der Waals surface area (Å²) >= 11 is 15.5. The fourth-order valence-corrected chi connectivity index (χ4v) is 6.20. The molecule has 0 aliphatic carbocycles. The molecule has 2 aromatic carbocycles. The van der Waals surface area contributed by atoms with Gasteiger partial charge in [-0.05, 0) is 81.0 Å². The summed E-state index contributed by atoms with van der Waals surface area (Å²) in [7, 11) is 0. The van der Waals surface area contributed by atoms with Crippen LogP contribution in [0.25, 0.3) is 10.2 Å². The second-order valence-corrected chi connectivity index (χ2v) is 11.2. The van der Waals surface area contributed by atoms with Crippen LogP contribution in [0.1, 0.15) is 29.8 Å². The molecule has 9 heteroatoms. The number of anilines is 1. The third-order valence-electron chi connectivity index (χ3n) is 5.43. The first-order valence-electron chi connectivity index (χ1n) is 11.1. The van der Waals surface area contributed by atoms with Gasteiger partial charge >= 0.3 is 0 Å². The van der Waals surface area contributed by atoms with E-state index >= 15 is 0 Å². The highest BCUT2D eigenvalue weighted by Crippen LogP contribution is 2.33. The van der Waals surface area contributed by atoms with E-state index in [1.165, 1.54) is 11.3 Å². The van der Waals surface area contributed by atoms with Crippen LogP contribution >= 0.6 is 46.3 Å². The van der Waals surface area contributed by atoms with Crippen molar-refractivity contribution in [2.45, 2.75) is 45.1 Å². The Morgan fingerprint density at radius 1 is 1.09 bits per heavy atom. The largest absolute Gasteiger partial charge is 0.286 e.